The van der Waals surface area contributed by atoms with Gasteiger partial charge in [-0.05, 0) is 31.9 Å². The van der Waals surface area contributed by atoms with Crippen LogP contribution in [0.15, 0.2) is 17.1 Å². The number of aromatic amines is 1. The predicted molar refractivity (Wildman–Crippen MR) is 128 cm³/mol. The molecule has 1 aliphatic rings. The number of aliphatic hydroxyl groups excluding tert-OH is 1. The smallest absolute Gasteiger partial charge is 0.333 e. The van der Waals surface area contributed by atoms with Gasteiger partial charge in [0.1, 0.15) is 12.2 Å². The second-order valence-corrected chi connectivity index (χ2v) is 18.2. The summed E-state index contributed by atoms with van der Waals surface area (Å²) >= 11 is 0. The summed E-state index contributed by atoms with van der Waals surface area (Å²) in [5.74, 6) is -0.483. The number of nitrogens with zero attached hydrogens (tertiary/aromatic N) is 2. The van der Waals surface area contributed by atoms with Crippen molar-refractivity contribution in [3.8, 4) is 0 Å². The summed E-state index contributed by atoms with van der Waals surface area (Å²) in [6, 6.07) is 1.13. The van der Waals surface area contributed by atoms with Crippen LogP contribution in [0.2, 0.25) is 22.2 Å². The molecule has 188 valence electrons. The lowest BCUT2D eigenvalue weighted by Crippen LogP contribution is -2.57. The van der Waals surface area contributed by atoms with E-state index >= 15 is 0 Å². The number of aliphatic hydroxyl groups is 1. The molecule has 1 aromatic heterocycles. The normalized spacial score (nSPS) is 23.6. The van der Waals surface area contributed by atoms with Crippen molar-refractivity contribution in [3.05, 3.63) is 27.5 Å². The number of ketones is 1. The van der Waals surface area contributed by atoms with Crippen LogP contribution in [0.1, 0.15) is 68.0 Å². The third-order valence-electron chi connectivity index (χ3n) is 6.48. The summed E-state index contributed by atoms with van der Waals surface area (Å²) < 4.78 is 20.5. The summed E-state index contributed by atoms with van der Waals surface area (Å²) in [5, 5.41) is 12.0. The van der Waals surface area contributed by atoms with Gasteiger partial charge < -0.3 is 18.4 Å². The Morgan fingerprint density at radius 3 is 2.27 bits per heavy atom. The number of carbonyl (C=O) groups is 1. The van der Waals surface area contributed by atoms with Crippen LogP contribution < -0.4 is 10.2 Å². The van der Waals surface area contributed by atoms with E-state index in [1.165, 1.54) is 6.20 Å². The lowest BCUT2D eigenvalue weighted by atomic mass is 10.2. The van der Waals surface area contributed by atoms with Gasteiger partial charge >= 0.3 is 14.1 Å². The number of aromatic nitrogens is 3. The Labute approximate surface area is 197 Å². The third-order valence-corrected chi connectivity index (χ3v) is 15.8. The zero-order valence-electron chi connectivity index (χ0n) is 21.0. The molecule has 33 heavy (non-hydrogen) atoms. The van der Waals surface area contributed by atoms with E-state index in [2.05, 4.69) is 55.4 Å². The lowest BCUT2D eigenvalue weighted by molar-refractivity contribution is -0.668. The topological polar surface area (TPSA) is 126 Å². The number of carbonyl (C=O) groups excluding carboxylic acids is 1. The SMILES string of the molecule is CCC(C)[SiH](O[Si](OC1C(=O)C(n2ccc(=O)[nH][n+]2=O)OC1CO)(C(C)C)C(C)C)C(C)C. The highest BCUT2D eigenvalue weighted by Gasteiger charge is 2.56. The Bertz CT molecular complexity index is 910. The Hall–Kier alpha value is -1.45. The molecule has 2 heterocycles. The minimum Gasteiger partial charge on any atom is -0.437 e. The first-order valence-electron chi connectivity index (χ1n) is 11.8. The number of Topliss-reactive ketones (excluding diaryl/α,β-unsaturated/α-hetero) is 1. The largest absolute Gasteiger partial charge is 0.437 e. The summed E-state index contributed by atoms with van der Waals surface area (Å²) in [6.45, 7) is 16.5. The third kappa shape index (κ3) is 5.80. The molecule has 0 radical (unpaired) electrons. The maximum Gasteiger partial charge on any atom is 0.333 e. The first kappa shape index (κ1) is 27.8. The molecule has 0 amide bonds. The average molecular weight is 503 g/mol. The van der Waals surface area contributed by atoms with E-state index in [1.54, 1.807) is 0 Å². The Morgan fingerprint density at radius 1 is 1.21 bits per heavy atom. The van der Waals surface area contributed by atoms with Gasteiger partial charge in [0.25, 0.3) is 10.9 Å². The second-order valence-electron chi connectivity index (χ2n) is 9.84. The molecule has 2 rings (SSSR count). The van der Waals surface area contributed by atoms with Gasteiger partial charge in [-0.1, -0.05) is 61.8 Å². The van der Waals surface area contributed by atoms with Crippen molar-refractivity contribution >= 4 is 23.4 Å². The summed E-state index contributed by atoms with van der Waals surface area (Å²) in [4.78, 5) is 37.0. The van der Waals surface area contributed by atoms with E-state index < -0.39 is 54.0 Å². The molecule has 0 bridgehead atoms. The molecule has 0 aromatic carbocycles. The molecule has 0 spiro atoms. The van der Waals surface area contributed by atoms with E-state index in [-0.39, 0.29) is 15.7 Å². The molecule has 12 heteroatoms. The zero-order chi connectivity index (χ0) is 25.1. The van der Waals surface area contributed by atoms with Crippen LogP contribution in [0.3, 0.4) is 0 Å². The highest BCUT2D eigenvalue weighted by Crippen LogP contribution is 2.42. The van der Waals surface area contributed by atoms with Crippen molar-refractivity contribution in [2.45, 2.75) is 102 Å². The molecule has 0 saturated carbocycles. The van der Waals surface area contributed by atoms with Crippen LogP contribution in [-0.4, -0.2) is 57.1 Å². The number of nitrogens with one attached hydrogen (secondary N) is 1. The van der Waals surface area contributed by atoms with Gasteiger partial charge in [0.15, 0.2) is 9.04 Å². The monoisotopic (exact) mass is 502 g/mol. The van der Waals surface area contributed by atoms with Gasteiger partial charge in [0.2, 0.25) is 5.78 Å². The molecular weight excluding hydrogens is 462 g/mol. The molecule has 1 aliphatic heterocycles. The van der Waals surface area contributed by atoms with Crippen molar-refractivity contribution in [1.82, 2.24) is 9.78 Å². The van der Waals surface area contributed by atoms with Gasteiger partial charge in [0.05, 0.1) is 17.7 Å². The molecule has 0 aliphatic carbocycles. The number of hydrogen-bond acceptors (Lipinski definition) is 7. The molecule has 2 N–H and O–H groups in total. The van der Waals surface area contributed by atoms with Gasteiger partial charge in [-0.25, -0.2) is 0 Å². The van der Waals surface area contributed by atoms with Gasteiger partial charge in [-0.15, -0.1) is 0 Å². The fraction of sp³-hybridized carbons (Fsp3) is 0.810. The van der Waals surface area contributed by atoms with Crippen LogP contribution in [0.25, 0.3) is 0 Å². The molecule has 5 atom stereocenters. The minimum absolute atomic E-state index is 0.0478. The van der Waals surface area contributed by atoms with Crippen molar-refractivity contribution in [3.63, 3.8) is 0 Å². The van der Waals surface area contributed by atoms with Crippen molar-refractivity contribution in [2.75, 3.05) is 6.61 Å². The van der Waals surface area contributed by atoms with E-state index in [1.807, 2.05) is 5.10 Å². The molecule has 1 aromatic rings. The maximum atomic E-state index is 13.4. The van der Waals surface area contributed by atoms with Gasteiger partial charge in [-0.2, -0.15) is 0 Å². The fourth-order valence-corrected chi connectivity index (χ4v) is 14.9. The predicted octanol–water partition coefficient (Wildman–Crippen LogP) is 2.15. The molecule has 10 nitrogen and oxygen atoms in total. The van der Waals surface area contributed by atoms with Crippen LogP contribution in [0.5, 0.6) is 0 Å². The summed E-state index contributed by atoms with van der Waals surface area (Å²) in [7, 11) is -4.69. The number of rotatable bonds is 11. The Morgan fingerprint density at radius 2 is 1.82 bits per heavy atom. The maximum absolute atomic E-state index is 13.4. The van der Waals surface area contributed by atoms with Crippen molar-refractivity contribution < 1.29 is 27.8 Å². The van der Waals surface area contributed by atoms with Gasteiger partial charge in [-0.3, -0.25) is 9.59 Å². The van der Waals surface area contributed by atoms with Crippen molar-refractivity contribution in [2.24, 2.45) is 0 Å². The standard InChI is InChI=1S/C21H39N3O7Si2/c1-9-16(8)32(13(2)3)31-33(14(4)5,15(6)7)30-20-17(12-25)29-21(19(20)27)23-11-10-18(26)22-24(23)28/h10-11,13-17,20-21,25,32H,9,12H2,1-8H3/p+1. The quantitative estimate of drug-likeness (QED) is 0.351. The highest BCUT2D eigenvalue weighted by atomic mass is 28.4. The molecule has 1 fully saturated rings. The van der Waals surface area contributed by atoms with Gasteiger partial charge in [0, 0.05) is 6.07 Å². The molecule has 1 saturated heterocycles. The number of H-pyrrole nitrogens is 1. The Kier molecular flexibility index (Phi) is 9.53. The van der Waals surface area contributed by atoms with Crippen LogP contribution in [0, 0.1) is 4.91 Å². The van der Waals surface area contributed by atoms with E-state index in [0.29, 0.717) is 11.1 Å². The van der Waals surface area contributed by atoms with E-state index in [4.69, 9.17) is 13.3 Å². The van der Waals surface area contributed by atoms with Crippen LogP contribution >= 0.6 is 0 Å². The van der Waals surface area contributed by atoms with E-state index in [0.717, 1.165) is 17.2 Å². The van der Waals surface area contributed by atoms with E-state index in [9.17, 15) is 19.6 Å². The first-order valence-corrected chi connectivity index (χ1v) is 15.6. The zero-order valence-corrected chi connectivity index (χ0v) is 23.1. The second kappa shape index (κ2) is 11.3. The van der Waals surface area contributed by atoms with Crippen molar-refractivity contribution in [1.29, 1.82) is 0 Å². The summed E-state index contributed by atoms with van der Waals surface area (Å²) in [5.41, 5.74) is 0.317. The number of ether oxygens (including phenoxy) is 1. The van der Waals surface area contributed by atoms with Crippen LogP contribution in [-0.2, 0) is 18.1 Å². The number of hydrogen-bond donors (Lipinski definition) is 2. The Balaban J connectivity index is 2.46. The molecular formula is C21H40N3O7Si2+. The summed E-state index contributed by atoms with van der Waals surface area (Å²) in [6.07, 6.45) is -1.15. The average Bonchev–Trinajstić information content (AvgIpc) is 3.04. The highest BCUT2D eigenvalue weighted by molar-refractivity contribution is 6.78. The van der Waals surface area contributed by atoms with Crippen LogP contribution in [0.4, 0.5) is 0 Å². The lowest BCUT2D eigenvalue weighted by Gasteiger charge is -2.44. The first-order chi connectivity index (χ1) is 15.4. The molecule has 5 unspecified atom stereocenters. The minimum atomic E-state index is -2.98. The fourth-order valence-electron chi connectivity index (χ4n) is 4.45.